The maximum absolute atomic E-state index is 12.5. The Morgan fingerprint density at radius 1 is 1.40 bits per heavy atom. The van der Waals surface area contributed by atoms with Gasteiger partial charge in [-0.25, -0.2) is 0 Å². The minimum atomic E-state index is -0.979. The molecule has 6 nitrogen and oxygen atoms in total. The van der Waals surface area contributed by atoms with Crippen LogP contribution >= 0.6 is 11.3 Å². The molecular formula is C13H14N2O4S. The van der Waals surface area contributed by atoms with Gasteiger partial charge in [0.05, 0.1) is 19.2 Å². The molecule has 3 amide bonds. The predicted octanol–water partition coefficient (Wildman–Crippen LogP) is 0.908. The highest BCUT2D eigenvalue weighted by molar-refractivity contribution is 7.12. The third-order valence-corrected chi connectivity index (χ3v) is 4.99. The fourth-order valence-electron chi connectivity index (χ4n) is 2.69. The maximum atomic E-state index is 12.5. The average molecular weight is 294 g/mol. The number of methoxy groups -OCH3 is 1. The van der Waals surface area contributed by atoms with Crippen molar-refractivity contribution in [3.63, 3.8) is 0 Å². The van der Waals surface area contributed by atoms with Gasteiger partial charge in [-0.3, -0.25) is 19.7 Å². The second kappa shape index (κ2) is 4.31. The third kappa shape index (κ3) is 1.66. The van der Waals surface area contributed by atoms with Gasteiger partial charge in [-0.15, -0.1) is 11.3 Å². The Labute approximate surface area is 119 Å². The first-order chi connectivity index (χ1) is 9.47. The first-order valence-electron chi connectivity index (χ1n) is 6.28. The zero-order valence-electron chi connectivity index (χ0n) is 11.2. The summed E-state index contributed by atoms with van der Waals surface area (Å²) in [6.07, 6.45) is 0.593. The number of imide groups is 1. The topological polar surface area (TPSA) is 75.7 Å². The van der Waals surface area contributed by atoms with Crippen molar-refractivity contribution in [2.75, 3.05) is 7.11 Å². The fourth-order valence-corrected chi connectivity index (χ4v) is 3.57. The lowest BCUT2D eigenvalue weighted by atomic mass is 9.89. The summed E-state index contributed by atoms with van der Waals surface area (Å²) in [5.74, 6) is -0.868. The van der Waals surface area contributed by atoms with Gasteiger partial charge in [-0.1, -0.05) is 0 Å². The molecule has 2 aliphatic rings. The molecule has 7 heteroatoms. The highest BCUT2D eigenvalue weighted by atomic mass is 32.1. The number of nitrogens with zero attached hydrogens (tertiary/aromatic N) is 1. The molecule has 3 heterocycles. The van der Waals surface area contributed by atoms with Crippen molar-refractivity contribution in [1.29, 1.82) is 0 Å². The fraction of sp³-hybridized carbons (Fsp3) is 0.462. The number of fused-ring (bicyclic) bond motifs is 1. The number of hydrogen-bond donors (Lipinski definition) is 1. The van der Waals surface area contributed by atoms with Crippen molar-refractivity contribution in [2.45, 2.75) is 31.8 Å². The van der Waals surface area contributed by atoms with Crippen LogP contribution in [0.3, 0.4) is 0 Å². The van der Waals surface area contributed by atoms with Gasteiger partial charge in [-0.05, 0) is 13.3 Å². The highest BCUT2D eigenvalue weighted by Crippen LogP contribution is 2.41. The lowest BCUT2D eigenvalue weighted by molar-refractivity contribution is -0.142. The van der Waals surface area contributed by atoms with Gasteiger partial charge in [0.15, 0.2) is 5.06 Å². The quantitative estimate of drug-likeness (QED) is 0.823. The van der Waals surface area contributed by atoms with Crippen LogP contribution in [-0.2, 0) is 16.1 Å². The van der Waals surface area contributed by atoms with E-state index in [0.717, 1.165) is 5.56 Å². The molecule has 0 aromatic carbocycles. The molecule has 1 N–H and O–H groups in total. The Balaban J connectivity index is 1.93. The van der Waals surface area contributed by atoms with Crippen molar-refractivity contribution >= 4 is 29.1 Å². The number of rotatable bonds is 2. The molecule has 0 aliphatic carbocycles. The van der Waals surface area contributed by atoms with Crippen LogP contribution in [-0.4, -0.2) is 35.3 Å². The second-order valence-corrected chi connectivity index (χ2v) is 6.00. The van der Waals surface area contributed by atoms with Crippen molar-refractivity contribution in [2.24, 2.45) is 0 Å². The van der Waals surface area contributed by atoms with Gasteiger partial charge < -0.3 is 9.64 Å². The summed E-state index contributed by atoms with van der Waals surface area (Å²) in [5, 5.41) is 4.77. The zero-order valence-corrected chi connectivity index (χ0v) is 12.0. The lowest BCUT2D eigenvalue weighted by Gasteiger charge is -2.39. The van der Waals surface area contributed by atoms with Gasteiger partial charge >= 0.3 is 0 Å². The maximum Gasteiger partial charge on any atom is 0.256 e. The van der Waals surface area contributed by atoms with Crippen LogP contribution in [0, 0.1) is 0 Å². The second-order valence-electron chi connectivity index (χ2n) is 5.16. The van der Waals surface area contributed by atoms with E-state index in [4.69, 9.17) is 4.74 Å². The molecule has 1 aromatic heterocycles. The summed E-state index contributed by atoms with van der Waals surface area (Å²) < 4.78 is 5.24. The van der Waals surface area contributed by atoms with Gasteiger partial charge in [0.2, 0.25) is 5.91 Å². The van der Waals surface area contributed by atoms with E-state index < -0.39 is 11.4 Å². The molecule has 3 rings (SSSR count). The monoisotopic (exact) mass is 294 g/mol. The van der Waals surface area contributed by atoms with Crippen molar-refractivity contribution in [3.8, 4) is 5.06 Å². The molecule has 0 bridgehead atoms. The molecule has 0 unspecified atom stereocenters. The summed E-state index contributed by atoms with van der Waals surface area (Å²) in [4.78, 5) is 37.4. The number of amides is 3. The first-order valence-corrected chi connectivity index (χ1v) is 7.16. The van der Waals surface area contributed by atoms with Crippen molar-refractivity contribution < 1.29 is 19.1 Å². The molecule has 0 saturated carbocycles. The molecule has 20 heavy (non-hydrogen) atoms. The van der Waals surface area contributed by atoms with Crippen LogP contribution in [0.25, 0.3) is 0 Å². The van der Waals surface area contributed by atoms with E-state index in [1.54, 1.807) is 19.4 Å². The lowest BCUT2D eigenvalue weighted by Crippen LogP contribution is -2.61. The van der Waals surface area contributed by atoms with Gasteiger partial charge in [0.1, 0.15) is 5.54 Å². The van der Waals surface area contributed by atoms with E-state index >= 15 is 0 Å². The molecule has 2 aliphatic heterocycles. The number of ether oxygens (including phenoxy) is 1. The van der Waals surface area contributed by atoms with Crippen LogP contribution in [0.1, 0.15) is 35.7 Å². The average Bonchev–Trinajstić information content (AvgIpc) is 2.95. The Morgan fingerprint density at radius 3 is 2.80 bits per heavy atom. The molecule has 106 valence electrons. The number of carbonyl (C=O) groups excluding carboxylic acids is 3. The first kappa shape index (κ1) is 13.1. The highest BCUT2D eigenvalue weighted by Gasteiger charge is 2.49. The number of carbonyl (C=O) groups is 3. The van der Waals surface area contributed by atoms with Crippen LogP contribution in [0.4, 0.5) is 0 Å². The molecule has 1 saturated heterocycles. The number of thiophene rings is 1. The Bertz CT molecular complexity index is 624. The Hall–Kier alpha value is -1.89. The summed E-state index contributed by atoms with van der Waals surface area (Å²) in [7, 11) is 1.56. The molecule has 1 atom stereocenters. The normalized spacial score (nSPS) is 25.7. The molecule has 1 fully saturated rings. The standard InChI is InChI=1S/C13H14N2O4S/c1-13(4-3-9(16)14-12(13)18)15-5-7-8(10(15)17)6-20-11(7)19-2/h6H,3-5H2,1-2H3,(H,14,16,18)/t13-/m0/s1. The van der Waals surface area contributed by atoms with E-state index in [-0.39, 0.29) is 18.2 Å². The van der Waals surface area contributed by atoms with Crippen LogP contribution < -0.4 is 10.1 Å². The summed E-state index contributed by atoms with van der Waals surface area (Å²) in [5.41, 5.74) is 0.443. The Kier molecular flexibility index (Phi) is 2.82. The molecule has 0 spiro atoms. The van der Waals surface area contributed by atoms with Gasteiger partial charge in [0.25, 0.3) is 11.8 Å². The van der Waals surface area contributed by atoms with Crippen molar-refractivity contribution in [1.82, 2.24) is 10.2 Å². The third-order valence-electron chi connectivity index (χ3n) is 4.01. The van der Waals surface area contributed by atoms with E-state index in [1.807, 2.05) is 0 Å². The molecule has 0 radical (unpaired) electrons. The van der Waals surface area contributed by atoms with Gasteiger partial charge in [0, 0.05) is 17.4 Å². The SMILES string of the molecule is COc1scc2c1CN([C@@]1(C)CCC(=O)NC1=O)C2=O. The number of hydrogen-bond acceptors (Lipinski definition) is 5. The molecule has 1 aromatic rings. The molecular weight excluding hydrogens is 280 g/mol. The summed E-state index contributed by atoms with van der Waals surface area (Å²) in [6, 6.07) is 0. The smallest absolute Gasteiger partial charge is 0.256 e. The van der Waals surface area contributed by atoms with E-state index in [9.17, 15) is 14.4 Å². The number of nitrogens with one attached hydrogen (secondary N) is 1. The van der Waals surface area contributed by atoms with Crippen LogP contribution in [0.2, 0.25) is 0 Å². The van der Waals surface area contributed by atoms with E-state index in [2.05, 4.69) is 5.32 Å². The van der Waals surface area contributed by atoms with Gasteiger partial charge in [-0.2, -0.15) is 0 Å². The minimum absolute atomic E-state index is 0.174. The van der Waals surface area contributed by atoms with Crippen LogP contribution in [0.15, 0.2) is 5.38 Å². The predicted molar refractivity (Wildman–Crippen MR) is 71.5 cm³/mol. The van der Waals surface area contributed by atoms with Crippen LogP contribution in [0.5, 0.6) is 5.06 Å². The number of piperidine rings is 1. The van der Waals surface area contributed by atoms with E-state index in [1.165, 1.54) is 16.2 Å². The van der Waals surface area contributed by atoms with E-state index in [0.29, 0.717) is 23.6 Å². The minimum Gasteiger partial charge on any atom is -0.487 e. The summed E-state index contributed by atoms with van der Waals surface area (Å²) >= 11 is 1.38. The largest absolute Gasteiger partial charge is 0.487 e. The Morgan fingerprint density at radius 2 is 2.15 bits per heavy atom. The van der Waals surface area contributed by atoms with Crippen molar-refractivity contribution in [3.05, 3.63) is 16.5 Å². The summed E-state index contributed by atoms with van der Waals surface area (Å²) in [6.45, 7) is 2.05. The zero-order chi connectivity index (χ0) is 14.5.